The number of anilines is 2. The lowest BCUT2D eigenvalue weighted by molar-refractivity contribution is 0.342. The fraction of sp³-hybridized carbons (Fsp3) is 0.643. The van der Waals surface area contributed by atoms with Crippen LogP contribution in [0.1, 0.15) is 46.5 Å². The molecule has 19 heavy (non-hydrogen) atoms. The lowest BCUT2D eigenvalue weighted by atomic mass is 9.87. The molecule has 1 rings (SSSR count). The van der Waals surface area contributed by atoms with Gasteiger partial charge in [0.2, 0.25) is 0 Å². The highest BCUT2D eigenvalue weighted by molar-refractivity contribution is 6.37. The van der Waals surface area contributed by atoms with E-state index in [1.54, 1.807) is 6.07 Å². The van der Waals surface area contributed by atoms with Gasteiger partial charge in [-0.15, -0.1) is 0 Å². The van der Waals surface area contributed by atoms with Crippen molar-refractivity contribution in [1.29, 1.82) is 0 Å². The maximum absolute atomic E-state index is 6.09. The van der Waals surface area contributed by atoms with Gasteiger partial charge in [-0.05, 0) is 17.9 Å². The lowest BCUT2D eigenvalue weighted by Crippen LogP contribution is -2.23. The molecule has 0 fully saturated rings. The summed E-state index contributed by atoms with van der Waals surface area (Å²) in [6, 6.07) is 1.62. The predicted molar refractivity (Wildman–Crippen MR) is 85.1 cm³/mol. The lowest BCUT2D eigenvalue weighted by Gasteiger charge is -2.25. The van der Waals surface area contributed by atoms with Crippen LogP contribution in [0.3, 0.4) is 0 Å². The van der Waals surface area contributed by atoms with Crippen molar-refractivity contribution in [3.63, 3.8) is 0 Å². The summed E-state index contributed by atoms with van der Waals surface area (Å²) in [5.41, 5.74) is 5.89. The van der Waals surface area contributed by atoms with E-state index in [-0.39, 0.29) is 5.41 Å². The zero-order valence-corrected chi connectivity index (χ0v) is 13.4. The Bertz CT molecular complexity index is 419. The highest BCUT2D eigenvalue weighted by Crippen LogP contribution is 2.29. The predicted octanol–water partition coefficient (Wildman–Crippen LogP) is 4.99. The molecule has 3 N–H and O–H groups in total. The molecular formula is C14H23Cl2N3. The molecule has 0 aromatic carbocycles. The average Bonchev–Trinajstić information content (AvgIpc) is 2.32. The smallest absolute Gasteiger partial charge is 0.147 e. The largest absolute Gasteiger partial charge is 0.382 e. The third kappa shape index (κ3) is 5.45. The van der Waals surface area contributed by atoms with Crippen molar-refractivity contribution in [3.8, 4) is 0 Å². The minimum atomic E-state index is 0.203. The molecule has 0 aliphatic carbocycles. The summed E-state index contributed by atoms with van der Waals surface area (Å²) in [4.78, 5) is 4.17. The molecule has 1 aromatic rings. The van der Waals surface area contributed by atoms with Crippen molar-refractivity contribution in [2.24, 2.45) is 5.41 Å². The molecular weight excluding hydrogens is 281 g/mol. The third-order valence-electron chi connectivity index (χ3n) is 3.15. The number of nitrogens with two attached hydrogens (primary N) is 1. The standard InChI is InChI=1S/C14H23Cl2N3/c1-4-5-6-7-14(2,3)9-18-13-11(16)8-10(15)12(17)19-13/h8H,4-7,9H2,1-3H3,(H3,17,18,19). The summed E-state index contributed by atoms with van der Waals surface area (Å²) < 4.78 is 0. The van der Waals surface area contributed by atoms with Gasteiger partial charge in [0, 0.05) is 6.54 Å². The Morgan fingerprint density at radius 2 is 1.95 bits per heavy atom. The summed E-state index contributed by atoms with van der Waals surface area (Å²) in [7, 11) is 0. The maximum Gasteiger partial charge on any atom is 0.147 e. The van der Waals surface area contributed by atoms with Crippen molar-refractivity contribution >= 4 is 34.8 Å². The number of nitrogens with one attached hydrogen (secondary N) is 1. The second kappa shape index (κ2) is 7.20. The van der Waals surface area contributed by atoms with E-state index in [1.165, 1.54) is 25.7 Å². The Hall–Kier alpha value is -0.670. The Morgan fingerprint density at radius 1 is 1.26 bits per heavy atom. The molecule has 0 spiro atoms. The van der Waals surface area contributed by atoms with Crippen LogP contribution in [-0.2, 0) is 0 Å². The highest BCUT2D eigenvalue weighted by atomic mass is 35.5. The number of aromatic nitrogens is 1. The van der Waals surface area contributed by atoms with E-state index >= 15 is 0 Å². The van der Waals surface area contributed by atoms with Crippen LogP contribution < -0.4 is 11.1 Å². The molecule has 0 unspecified atom stereocenters. The van der Waals surface area contributed by atoms with Crippen LogP contribution in [0.25, 0.3) is 0 Å². The van der Waals surface area contributed by atoms with Crippen LogP contribution in [0.2, 0.25) is 10.0 Å². The zero-order valence-electron chi connectivity index (χ0n) is 11.9. The third-order valence-corrected chi connectivity index (χ3v) is 3.74. The van der Waals surface area contributed by atoms with E-state index in [4.69, 9.17) is 28.9 Å². The molecule has 0 atom stereocenters. The Morgan fingerprint density at radius 3 is 2.58 bits per heavy atom. The number of hydrogen-bond acceptors (Lipinski definition) is 3. The number of rotatable bonds is 7. The molecule has 0 aliphatic heterocycles. The molecule has 0 radical (unpaired) electrons. The van der Waals surface area contributed by atoms with Gasteiger partial charge in [0.15, 0.2) is 0 Å². The molecule has 1 aromatic heterocycles. The van der Waals surface area contributed by atoms with Crippen molar-refractivity contribution in [1.82, 2.24) is 4.98 Å². The highest BCUT2D eigenvalue weighted by Gasteiger charge is 2.18. The maximum atomic E-state index is 6.09. The first-order valence-corrected chi connectivity index (χ1v) is 7.46. The average molecular weight is 304 g/mol. The first-order chi connectivity index (χ1) is 8.85. The first kappa shape index (κ1) is 16.4. The molecule has 0 aliphatic rings. The number of pyridine rings is 1. The van der Waals surface area contributed by atoms with E-state index in [2.05, 4.69) is 31.1 Å². The van der Waals surface area contributed by atoms with Gasteiger partial charge >= 0.3 is 0 Å². The second-order valence-electron chi connectivity index (χ2n) is 5.66. The number of unbranched alkanes of at least 4 members (excludes halogenated alkanes) is 2. The van der Waals surface area contributed by atoms with Crippen LogP contribution in [0.15, 0.2) is 6.07 Å². The molecule has 0 saturated heterocycles. The monoisotopic (exact) mass is 303 g/mol. The molecule has 5 heteroatoms. The van der Waals surface area contributed by atoms with E-state index in [0.29, 0.717) is 21.7 Å². The van der Waals surface area contributed by atoms with E-state index < -0.39 is 0 Å². The SMILES string of the molecule is CCCCCC(C)(C)CNc1nc(N)c(Cl)cc1Cl. The molecule has 1 heterocycles. The van der Waals surface area contributed by atoms with Gasteiger partial charge in [0.1, 0.15) is 11.6 Å². The van der Waals surface area contributed by atoms with E-state index in [0.717, 1.165) is 6.54 Å². The molecule has 108 valence electrons. The zero-order chi connectivity index (χ0) is 14.5. The van der Waals surface area contributed by atoms with Gasteiger partial charge in [-0.25, -0.2) is 4.98 Å². The van der Waals surface area contributed by atoms with Crippen LogP contribution in [0.4, 0.5) is 11.6 Å². The van der Waals surface area contributed by atoms with Crippen molar-refractivity contribution in [3.05, 3.63) is 16.1 Å². The molecule has 0 amide bonds. The summed E-state index contributed by atoms with van der Waals surface area (Å²) >= 11 is 12.0. The summed E-state index contributed by atoms with van der Waals surface area (Å²) in [6.45, 7) is 7.50. The van der Waals surface area contributed by atoms with Gasteiger partial charge in [0.05, 0.1) is 10.0 Å². The second-order valence-corrected chi connectivity index (χ2v) is 6.48. The fourth-order valence-corrected chi connectivity index (χ4v) is 2.30. The Balaban J connectivity index is 2.58. The number of hydrogen-bond donors (Lipinski definition) is 2. The van der Waals surface area contributed by atoms with Crippen molar-refractivity contribution < 1.29 is 0 Å². The Labute approximate surface area is 125 Å². The van der Waals surface area contributed by atoms with Crippen LogP contribution in [0.5, 0.6) is 0 Å². The van der Waals surface area contributed by atoms with Crippen LogP contribution >= 0.6 is 23.2 Å². The minimum Gasteiger partial charge on any atom is -0.382 e. The van der Waals surface area contributed by atoms with E-state index in [1.807, 2.05) is 0 Å². The topological polar surface area (TPSA) is 50.9 Å². The number of nitrogens with zero attached hydrogens (tertiary/aromatic N) is 1. The minimum absolute atomic E-state index is 0.203. The van der Waals surface area contributed by atoms with Crippen molar-refractivity contribution in [2.45, 2.75) is 46.5 Å². The van der Waals surface area contributed by atoms with Gasteiger partial charge < -0.3 is 11.1 Å². The van der Waals surface area contributed by atoms with E-state index in [9.17, 15) is 0 Å². The first-order valence-electron chi connectivity index (χ1n) is 6.71. The van der Waals surface area contributed by atoms with Gasteiger partial charge in [0.25, 0.3) is 0 Å². The molecule has 0 saturated carbocycles. The van der Waals surface area contributed by atoms with Gasteiger partial charge in [-0.2, -0.15) is 0 Å². The van der Waals surface area contributed by atoms with Gasteiger partial charge in [-0.1, -0.05) is 63.2 Å². The number of nitrogen functional groups attached to an aromatic ring is 1. The Kier molecular flexibility index (Phi) is 6.21. The normalized spacial score (nSPS) is 11.6. The summed E-state index contributed by atoms with van der Waals surface area (Å²) in [5, 5.41) is 4.16. The quantitative estimate of drug-likeness (QED) is 0.698. The van der Waals surface area contributed by atoms with Crippen LogP contribution in [-0.4, -0.2) is 11.5 Å². The molecule has 0 bridgehead atoms. The molecule has 3 nitrogen and oxygen atoms in total. The van der Waals surface area contributed by atoms with Crippen molar-refractivity contribution in [2.75, 3.05) is 17.6 Å². The fourth-order valence-electron chi connectivity index (χ4n) is 1.87. The van der Waals surface area contributed by atoms with Gasteiger partial charge in [-0.3, -0.25) is 0 Å². The summed E-state index contributed by atoms with van der Waals surface area (Å²) in [5.74, 6) is 0.907. The number of halogens is 2. The summed E-state index contributed by atoms with van der Waals surface area (Å²) in [6.07, 6.45) is 4.94. The van der Waals surface area contributed by atoms with Crippen LogP contribution in [0, 0.1) is 5.41 Å².